The van der Waals surface area contributed by atoms with Gasteiger partial charge in [-0.25, -0.2) is 4.98 Å². The van der Waals surface area contributed by atoms with Crippen LogP contribution in [0.3, 0.4) is 0 Å². The quantitative estimate of drug-likeness (QED) is 0.698. The van der Waals surface area contributed by atoms with Gasteiger partial charge in [0.25, 0.3) is 0 Å². The molecule has 0 radical (unpaired) electrons. The number of hydrogen-bond acceptors (Lipinski definition) is 2. The van der Waals surface area contributed by atoms with Crippen molar-refractivity contribution in [3.63, 3.8) is 0 Å². The lowest BCUT2D eigenvalue weighted by atomic mass is 10.1. The van der Waals surface area contributed by atoms with Gasteiger partial charge in [0.1, 0.15) is 0 Å². The predicted molar refractivity (Wildman–Crippen MR) is 54.0 cm³/mol. The minimum absolute atomic E-state index is 0.406. The number of anilines is 1. The molecule has 1 aromatic carbocycles. The standard InChI is InChI=1S/C11H9FN2/c12-11-6-10(13)9(7-14-11)8-4-2-1-3-5-8/h1-7H,(H2,13,14). The lowest BCUT2D eigenvalue weighted by Crippen LogP contribution is -1.93. The van der Waals surface area contributed by atoms with Gasteiger partial charge < -0.3 is 5.73 Å². The largest absolute Gasteiger partial charge is 0.398 e. The van der Waals surface area contributed by atoms with Crippen LogP contribution in [0.1, 0.15) is 0 Å². The van der Waals surface area contributed by atoms with Gasteiger partial charge >= 0.3 is 0 Å². The first-order valence-electron chi connectivity index (χ1n) is 4.24. The Labute approximate surface area is 81.2 Å². The molecular formula is C11H9FN2. The smallest absolute Gasteiger partial charge is 0.214 e. The second-order valence-electron chi connectivity index (χ2n) is 2.96. The van der Waals surface area contributed by atoms with Gasteiger partial charge in [-0.05, 0) is 5.56 Å². The first kappa shape index (κ1) is 8.69. The van der Waals surface area contributed by atoms with Gasteiger partial charge in [-0.15, -0.1) is 0 Å². The number of hydrogen-bond donors (Lipinski definition) is 1. The van der Waals surface area contributed by atoms with Crippen molar-refractivity contribution < 1.29 is 4.39 Å². The van der Waals surface area contributed by atoms with Gasteiger partial charge in [0.15, 0.2) is 0 Å². The minimum Gasteiger partial charge on any atom is -0.398 e. The fraction of sp³-hybridized carbons (Fsp3) is 0. The maximum atomic E-state index is 12.7. The second kappa shape index (κ2) is 3.46. The fourth-order valence-corrected chi connectivity index (χ4v) is 1.30. The summed E-state index contributed by atoms with van der Waals surface area (Å²) in [6, 6.07) is 10.8. The third-order valence-electron chi connectivity index (χ3n) is 1.99. The highest BCUT2D eigenvalue weighted by atomic mass is 19.1. The van der Waals surface area contributed by atoms with Crippen LogP contribution in [0.5, 0.6) is 0 Å². The Kier molecular flexibility index (Phi) is 2.14. The maximum Gasteiger partial charge on any atom is 0.214 e. The molecule has 0 aliphatic carbocycles. The molecule has 2 rings (SSSR count). The van der Waals surface area contributed by atoms with Gasteiger partial charge in [0.05, 0.1) is 0 Å². The van der Waals surface area contributed by atoms with Crippen LogP contribution in [0.4, 0.5) is 10.1 Å². The molecule has 0 amide bonds. The van der Waals surface area contributed by atoms with Gasteiger partial charge in [-0.3, -0.25) is 0 Å². The van der Waals surface area contributed by atoms with Gasteiger partial charge in [-0.1, -0.05) is 30.3 Å². The van der Waals surface area contributed by atoms with E-state index in [4.69, 9.17) is 5.73 Å². The number of nitrogens with two attached hydrogens (primary N) is 1. The topological polar surface area (TPSA) is 38.9 Å². The van der Waals surface area contributed by atoms with E-state index < -0.39 is 5.95 Å². The number of aromatic nitrogens is 1. The Hall–Kier alpha value is -1.90. The molecule has 2 N–H and O–H groups in total. The van der Waals surface area contributed by atoms with Gasteiger partial charge in [-0.2, -0.15) is 4.39 Å². The highest BCUT2D eigenvalue weighted by Crippen LogP contribution is 2.24. The summed E-state index contributed by atoms with van der Waals surface area (Å²) < 4.78 is 12.7. The summed E-state index contributed by atoms with van der Waals surface area (Å²) in [5, 5.41) is 0. The lowest BCUT2D eigenvalue weighted by Gasteiger charge is -2.04. The number of rotatable bonds is 1. The minimum atomic E-state index is -0.554. The van der Waals surface area contributed by atoms with Crippen molar-refractivity contribution >= 4 is 5.69 Å². The van der Waals surface area contributed by atoms with Gasteiger partial charge in [0, 0.05) is 23.5 Å². The third-order valence-corrected chi connectivity index (χ3v) is 1.99. The summed E-state index contributed by atoms with van der Waals surface area (Å²) >= 11 is 0. The molecule has 0 aliphatic rings. The zero-order valence-electron chi connectivity index (χ0n) is 7.44. The number of benzene rings is 1. The number of nitrogen functional groups attached to an aromatic ring is 1. The van der Waals surface area contributed by atoms with Crippen molar-refractivity contribution in [2.45, 2.75) is 0 Å². The lowest BCUT2D eigenvalue weighted by molar-refractivity contribution is 0.585. The highest BCUT2D eigenvalue weighted by molar-refractivity contribution is 5.74. The normalized spacial score (nSPS) is 10.1. The molecule has 0 fully saturated rings. The predicted octanol–water partition coefficient (Wildman–Crippen LogP) is 2.47. The summed E-state index contributed by atoms with van der Waals surface area (Å²) in [6.07, 6.45) is 1.44. The molecule has 0 unspecified atom stereocenters. The Balaban J connectivity index is 2.53. The molecule has 0 saturated carbocycles. The maximum absolute atomic E-state index is 12.7. The summed E-state index contributed by atoms with van der Waals surface area (Å²) in [5.41, 5.74) is 7.78. The van der Waals surface area contributed by atoms with Crippen LogP contribution in [0.25, 0.3) is 11.1 Å². The van der Waals surface area contributed by atoms with E-state index in [-0.39, 0.29) is 0 Å². The van der Waals surface area contributed by atoms with E-state index in [0.29, 0.717) is 5.69 Å². The number of nitrogens with zero attached hydrogens (tertiary/aromatic N) is 1. The van der Waals surface area contributed by atoms with Crippen molar-refractivity contribution in [1.82, 2.24) is 4.98 Å². The van der Waals surface area contributed by atoms with Crippen molar-refractivity contribution in [3.05, 3.63) is 48.5 Å². The van der Waals surface area contributed by atoms with Crippen molar-refractivity contribution in [3.8, 4) is 11.1 Å². The van der Waals surface area contributed by atoms with E-state index in [9.17, 15) is 4.39 Å². The van der Waals surface area contributed by atoms with Crippen molar-refractivity contribution in [1.29, 1.82) is 0 Å². The number of pyridine rings is 1. The Morgan fingerprint density at radius 1 is 1.14 bits per heavy atom. The number of halogens is 1. The van der Waals surface area contributed by atoms with E-state index in [2.05, 4.69) is 4.98 Å². The molecule has 14 heavy (non-hydrogen) atoms. The second-order valence-corrected chi connectivity index (χ2v) is 2.96. The van der Waals surface area contributed by atoms with E-state index in [1.165, 1.54) is 12.3 Å². The van der Waals surface area contributed by atoms with Crippen LogP contribution in [-0.4, -0.2) is 4.98 Å². The van der Waals surface area contributed by atoms with Crippen molar-refractivity contribution in [2.24, 2.45) is 0 Å². The Morgan fingerprint density at radius 3 is 2.50 bits per heavy atom. The first-order chi connectivity index (χ1) is 6.77. The molecule has 2 nitrogen and oxygen atoms in total. The molecule has 0 atom stereocenters. The van der Waals surface area contributed by atoms with Crippen LogP contribution >= 0.6 is 0 Å². The Morgan fingerprint density at radius 2 is 1.86 bits per heavy atom. The van der Waals surface area contributed by atoms with Crippen molar-refractivity contribution in [2.75, 3.05) is 5.73 Å². The zero-order valence-corrected chi connectivity index (χ0v) is 7.44. The van der Waals surface area contributed by atoms with E-state index in [1.807, 2.05) is 30.3 Å². The van der Waals surface area contributed by atoms with Crippen LogP contribution in [-0.2, 0) is 0 Å². The monoisotopic (exact) mass is 188 g/mol. The van der Waals surface area contributed by atoms with E-state index in [1.54, 1.807) is 0 Å². The molecule has 1 heterocycles. The molecule has 0 saturated heterocycles. The Bertz CT molecular complexity index is 440. The van der Waals surface area contributed by atoms with Crippen LogP contribution in [0.15, 0.2) is 42.6 Å². The SMILES string of the molecule is Nc1cc(F)ncc1-c1ccccc1. The first-order valence-corrected chi connectivity index (χ1v) is 4.24. The fourth-order valence-electron chi connectivity index (χ4n) is 1.30. The summed E-state index contributed by atoms with van der Waals surface area (Å²) in [7, 11) is 0. The molecular weight excluding hydrogens is 179 g/mol. The van der Waals surface area contributed by atoms with E-state index in [0.717, 1.165) is 11.1 Å². The zero-order chi connectivity index (χ0) is 9.97. The molecule has 70 valence electrons. The molecule has 0 spiro atoms. The highest BCUT2D eigenvalue weighted by Gasteiger charge is 2.03. The summed E-state index contributed by atoms with van der Waals surface area (Å²) in [5.74, 6) is -0.554. The summed E-state index contributed by atoms with van der Waals surface area (Å²) in [6.45, 7) is 0. The van der Waals surface area contributed by atoms with Crippen LogP contribution in [0.2, 0.25) is 0 Å². The van der Waals surface area contributed by atoms with Crippen LogP contribution < -0.4 is 5.73 Å². The van der Waals surface area contributed by atoms with Crippen LogP contribution in [0, 0.1) is 5.95 Å². The molecule has 3 heteroatoms. The average molecular weight is 188 g/mol. The molecule has 2 aromatic rings. The summed E-state index contributed by atoms with van der Waals surface area (Å²) in [4.78, 5) is 3.57. The molecule has 1 aromatic heterocycles. The molecule has 0 aliphatic heterocycles. The van der Waals surface area contributed by atoms with Gasteiger partial charge in [0.2, 0.25) is 5.95 Å². The van der Waals surface area contributed by atoms with E-state index >= 15 is 0 Å². The molecule has 0 bridgehead atoms. The average Bonchev–Trinajstić information content (AvgIpc) is 2.19. The third kappa shape index (κ3) is 1.57.